The third kappa shape index (κ3) is 6.29. The zero-order valence-corrected chi connectivity index (χ0v) is 11.3. The van der Waals surface area contributed by atoms with Gasteiger partial charge in [0.1, 0.15) is 6.04 Å². The fourth-order valence-electron chi connectivity index (χ4n) is 1.83. The van der Waals surface area contributed by atoms with Crippen LogP contribution < -0.4 is 5.32 Å². The summed E-state index contributed by atoms with van der Waals surface area (Å²) in [5.41, 5.74) is 0. The predicted octanol–water partition coefficient (Wildman–Crippen LogP) is 2.43. The fraction of sp³-hybridized carbons (Fsp3) is 0.846. The topological polar surface area (TPSA) is 66.4 Å². The standard InChI is InChI=1S/C13H25NO3/c1-5-7-9(3)8-11(15)14-12(13(16)17)10(4)6-2/h9-10,12H,5-8H2,1-4H3,(H,14,15)(H,16,17)/t9?,10-,12-/m0/s1. The first kappa shape index (κ1) is 15.9. The molecule has 0 radical (unpaired) electrons. The van der Waals surface area contributed by atoms with E-state index in [1.165, 1.54) is 0 Å². The largest absolute Gasteiger partial charge is 0.480 e. The highest BCUT2D eigenvalue weighted by Crippen LogP contribution is 2.12. The van der Waals surface area contributed by atoms with E-state index in [2.05, 4.69) is 12.2 Å². The van der Waals surface area contributed by atoms with Crippen LogP contribution in [-0.2, 0) is 9.59 Å². The number of aliphatic carboxylic acids is 1. The average Bonchev–Trinajstić information content (AvgIpc) is 2.24. The summed E-state index contributed by atoms with van der Waals surface area (Å²) in [6, 6.07) is -0.763. The number of carbonyl (C=O) groups excluding carboxylic acids is 1. The first-order valence-electron chi connectivity index (χ1n) is 6.44. The highest BCUT2D eigenvalue weighted by Gasteiger charge is 2.25. The van der Waals surface area contributed by atoms with Crippen LogP contribution in [0.1, 0.15) is 53.4 Å². The minimum absolute atomic E-state index is 0.0436. The minimum Gasteiger partial charge on any atom is -0.480 e. The number of carboxylic acids is 1. The van der Waals surface area contributed by atoms with E-state index in [-0.39, 0.29) is 11.8 Å². The van der Waals surface area contributed by atoms with Gasteiger partial charge in [-0.1, -0.05) is 47.0 Å². The molecule has 0 saturated carbocycles. The van der Waals surface area contributed by atoms with Gasteiger partial charge >= 0.3 is 5.97 Å². The molecule has 0 rings (SSSR count). The van der Waals surface area contributed by atoms with E-state index in [1.54, 1.807) is 0 Å². The third-order valence-electron chi connectivity index (χ3n) is 3.11. The van der Waals surface area contributed by atoms with Crippen LogP contribution in [0.3, 0.4) is 0 Å². The van der Waals surface area contributed by atoms with Gasteiger partial charge in [0.2, 0.25) is 5.91 Å². The number of carbonyl (C=O) groups is 2. The molecule has 0 bridgehead atoms. The molecule has 0 aromatic carbocycles. The lowest BCUT2D eigenvalue weighted by atomic mass is 9.97. The molecule has 0 saturated heterocycles. The number of rotatable bonds is 8. The Hall–Kier alpha value is -1.06. The van der Waals surface area contributed by atoms with Crippen molar-refractivity contribution in [2.75, 3.05) is 0 Å². The van der Waals surface area contributed by atoms with E-state index >= 15 is 0 Å². The van der Waals surface area contributed by atoms with E-state index in [1.807, 2.05) is 20.8 Å². The maximum Gasteiger partial charge on any atom is 0.326 e. The summed E-state index contributed by atoms with van der Waals surface area (Å²) in [7, 11) is 0. The van der Waals surface area contributed by atoms with Gasteiger partial charge in [0, 0.05) is 6.42 Å². The molecule has 0 spiro atoms. The number of carboxylic acid groups (broad SMARTS) is 1. The molecule has 1 unspecified atom stereocenters. The van der Waals surface area contributed by atoms with Crippen LogP contribution in [0.5, 0.6) is 0 Å². The molecule has 0 heterocycles. The van der Waals surface area contributed by atoms with Crippen LogP contribution in [0.15, 0.2) is 0 Å². The lowest BCUT2D eigenvalue weighted by molar-refractivity contribution is -0.143. The molecular weight excluding hydrogens is 218 g/mol. The van der Waals surface area contributed by atoms with Crippen LogP contribution in [0.25, 0.3) is 0 Å². The van der Waals surface area contributed by atoms with E-state index in [4.69, 9.17) is 5.11 Å². The molecule has 0 aliphatic rings. The Kier molecular flexibility index (Phi) is 7.59. The maximum atomic E-state index is 11.7. The van der Waals surface area contributed by atoms with Gasteiger partial charge in [0.25, 0.3) is 0 Å². The Labute approximate surface area is 104 Å². The minimum atomic E-state index is -0.948. The summed E-state index contributed by atoms with van der Waals surface area (Å²) in [4.78, 5) is 22.7. The second-order valence-electron chi connectivity index (χ2n) is 4.87. The van der Waals surface area contributed by atoms with Crippen molar-refractivity contribution < 1.29 is 14.7 Å². The van der Waals surface area contributed by atoms with E-state index in [9.17, 15) is 9.59 Å². The second-order valence-corrected chi connectivity index (χ2v) is 4.87. The van der Waals surface area contributed by atoms with Crippen molar-refractivity contribution in [3.63, 3.8) is 0 Å². The van der Waals surface area contributed by atoms with Crippen molar-refractivity contribution >= 4 is 11.9 Å². The lowest BCUT2D eigenvalue weighted by Crippen LogP contribution is -2.45. The number of nitrogens with one attached hydrogen (secondary N) is 1. The van der Waals surface area contributed by atoms with Gasteiger partial charge in [-0.25, -0.2) is 4.79 Å². The Morgan fingerprint density at radius 3 is 2.24 bits per heavy atom. The molecule has 0 aromatic rings. The molecule has 17 heavy (non-hydrogen) atoms. The molecule has 0 aliphatic carbocycles. The van der Waals surface area contributed by atoms with Crippen molar-refractivity contribution in [3.05, 3.63) is 0 Å². The van der Waals surface area contributed by atoms with E-state index < -0.39 is 12.0 Å². The van der Waals surface area contributed by atoms with Crippen LogP contribution in [0, 0.1) is 11.8 Å². The quantitative estimate of drug-likeness (QED) is 0.688. The first-order valence-corrected chi connectivity index (χ1v) is 6.44. The monoisotopic (exact) mass is 243 g/mol. The van der Waals surface area contributed by atoms with Gasteiger partial charge in [-0.2, -0.15) is 0 Å². The second kappa shape index (κ2) is 8.09. The number of hydrogen-bond donors (Lipinski definition) is 2. The van der Waals surface area contributed by atoms with Crippen LogP contribution in [0.2, 0.25) is 0 Å². The van der Waals surface area contributed by atoms with Gasteiger partial charge in [-0.05, 0) is 11.8 Å². The summed E-state index contributed by atoms with van der Waals surface area (Å²) in [6.07, 6.45) is 3.19. The summed E-state index contributed by atoms with van der Waals surface area (Å²) in [5, 5.41) is 11.7. The Morgan fingerprint density at radius 2 is 1.82 bits per heavy atom. The molecule has 0 aromatic heterocycles. The number of amides is 1. The highest BCUT2D eigenvalue weighted by molar-refractivity contribution is 5.83. The molecule has 0 aliphatic heterocycles. The Balaban J connectivity index is 4.27. The maximum absolute atomic E-state index is 11.7. The van der Waals surface area contributed by atoms with Gasteiger partial charge in [-0.15, -0.1) is 0 Å². The van der Waals surface area contributed by atoms with Crippen LogP contribution in [0.4, 0.5) is 0 Å². The van der Waals surface area contributed by atoms with Crippen LogP contribution in [-0.4, -0.2) is 23.0 Å². The smallest absolute Gasteiger partial charge is 0.326 e. The summed E-state index contributed by atoms with van der Waals surface area (Å²) >= 11 is 0. The molecule has 2 N–H and O–H groups in total. The van der Waals surface area contributed by atoms with E-state index in [0.717, 1.165) is 19.3 Å². The fourth-order valence-corrected chi connectivity index (χ4v) is 1.83. The molecule has 4 heteroatoms. The van der Waals surface area contributed by atoms with Crippen molar-refractivity contribution in [1.82, 2.24) is 5.32 Å². The molecular formula is C13H25NO3. The molecule has 100 valence electrons. The predicted molar refractivity (Wildman–Crippen MR) is 67.7 cm³/mol. The number of hydrogen-bond acceptors (Lipinski definition) is 2. The molecule has 1 amide bonds. The molecule has 4 nitrogen and oxygen atoms in total. The summed E-state index contributed by atoms with van der Waals surface area (Å²) < 4.78 is 0. The van der Waals surface area contributed by atoms with Crippen LogP contribution >= 0.6 is 0 Å². The zero-order valence-electron chi connectivity index (χ0n) is 11.3. The van der Waals surface area contributed by atoms with Crippen molar-refractivity contribution in [3.8, 4) is 0 Å². The summed E-state index contributed by atoms with van der Waals surface area (Å²) in [5.74, 6) is -0.834. The summed E-state index contributed by atoms with van der Waals surface area (Å²) in [6.45, 7) is 7.86. The van der Waals surface area contributed by atoms with E-state index in [0.29, 0.717) is 12.3 Å². The lowest BCUT2D eigenvalue weighted by Gasteiger charge is -2.21. The normalized spacial score (nSPS) is 16.0. The Morgan fingerprint density at radius 1 is 1.24 bits per heavy atom. The Bertz CT molecular complexity index is 253. The van der Waals surface area contributed by atoms with Gasteiger partial charge in [0.05, 0.1) is 0 Å². The first-order chi connectivity index (χ1) is 7.92. The van der Waals surface area contributed by atoms with Gasteiger partial charge < -0.3 is 10.4 Å². The molecule has 3 atom stereocenters. The SMILES string of the molecule is CCCC(C)CC(=O)N[C@H](C(=O)O)[C@@H](C)CC. The third-order valence-corrected chi connectivity index (χ3v) is 3.11. The van der Waals surface area contributed by atoms with Crippen molar-refractivity contribution in [1.29, 1.82) is 0 Å². The average molecular weight is 243 g/mol. The van der Waals surface area contributed by atoms with Gasteiger partial charge in [0.15, 0.2) is 0 Å². The zero-order chi connectivity index (χ0) is 13.4. The molecule has 0 fully saturated rings. The highest BCUT2D eigenvalue weighted by atomic mass is 16.4. The van der Waals surface area contributed by atoms with Gasteiger partial charge in [-0.3, -0.25) is 4.79 Å². The van der Waals surface area contributed by atoms with Crippen molar-refractivity contribution in [2.24, 2.45) is 11.8 Å². The van der Waals surface area contributed by atoms with Crippen molar-refractivity contribution in [2.45, 2.75) is 59.4 Å².